The van der Waals surface area contributed by atoms with Crippen molar-refractivity contribution >= 4 is 39.8 Å². The molecule has 0 aromatic heterocycles. The number of nitrogens with zero attached hydrogens (tertiary/aromatic N) is 1. The lowest BCUT2D eigenvalue weighted by molar-refractivity contribution is -0.120. The number of hydrogen-bond acceptors (Lipinski definition) is 3. The fraction of sp³-hybridized carbons (Fsp3) is 0.0741. The van der Waals surface area contributed by atoms with E-state index in [1.165, 1.54) is 0 Å². The molecule has 0 heterocycles. The first-order chi connectivity index (χ1) is 15.6. The van der Waals surface area contributed by atoms with Crippen LogP contribution in [0.2, 0.25) is 5.02 Å². The molecule has 4 aromatic carbocycles. The van der Waals surface area contributed by atoms with Crippen LogP contribution in [0, 0.1) is 0 Å². The summed E-state index contributed by atoms with van der Waals surface area (Å²) in [5, 5.41) is 7.01. The highest BCUT2D eigenvalue weighted by atomic mass is 35.5. The van der Waals surface area contributed by atoms with Crippen LogP contribution in [0.25, 0.3) is 10.8 Å². The molecule has 0 saturated heterocycles. The Balaban J connectivity index is 1.53. The number of carbonyl (C=O) groups excluding carboxylic acids is 2. The van der Waals surface area contributed by atoms with Crippen molar-refractivity contribution in [1.29, 1.82) is 0 Å². The van der Waals surface area contributed by atoms with Gasteiger partial charge in [0.05, 0.1) is 18.6 Å². The van der Waals surface area contributed by atoms with Gasteiger partial charge in [-0.3, -0.25) is 9.59 Å². The van der Waals surface area contributed by atoms with E-state index in [1.54, 1.807) is 24.3 Å². The number of rotatable bonds is 7. The number of carbonyl (C=O) groups is 2. The van der Waals surface area contributed by atoms with Crippen LogP contribution in [0.3, 0.4) is 0 Å². The monoisotopic (exact) mass is 440 g/mol. The van der Waals surface area contributed by atoms with Crippen LogP contribution in [0.1, 0.15) is 27.9 Å². The molecular formula is C27H21ClN2O2. The Kier molecular flexibility index (Phi) is 6.73. The molecule has 0 radical (unpaired) electrons. The van der Waals surface area contributed by atoms with Crippen LogP contribution in [0.15, 0.2) is 102 Å². The molecule has 0 aliphatic carbocycles. The Morgan fingerprint density at radius 2 is 1.44 bits per heavy atom. The zero-order valence-corrected chi connectivity index (χ0v) is 18.0. The normalized spacial score (nSPS) is 11.3. The molecule has 158 valence electrons. The van der Waals surface area contributed by atoms with Crippen LogP contribution in [0.5, 0.6) is 0 Å². The predicted molar refractivity (Wildman–Crippen MR) is 129 cm³/mol. The molecule has 0 atom stereocenters. The van der Waals surface area contributed by atoms with Gasteiger partial charge in [0.1, 0.15) is 0 Å². The quantitative estimate of drug-likeness (QED) is 0.223. The van der Waals surface area contributed by atoms with Gasteiger partial charge in [0.25, 0.3) is 0 Å². The van der Waals surface area contributed by atoms with Gasteiger partial charge in [-0.2, -0.15) is 5.10 Å². The minimum absolute atomic E-state index is 0.0557. The second kappa shape index (κ2) is 10.0. The minimum Gasteiger partial charge on any atom is -0.294 e. The van der Waals surface area contributed by atoms with E-state index < -0.39 is 0 Å². The summed E-state index contributed by atoms with van der Waals surface area (Å²) in [6, 6.07) is 29.9. The molecule has 4 aromatic rings. The summed E-state index contributed by atoms with van der Waals surface area (Å²) >= 11 is 5.92. The maximum Gasteiger partial charge on any atom is 0.244 e. The predicted octanol–water partition coefficient (Wildman–Crippen LogP) is 5.83. The number of halogens is 1. The van der Waals surface area contributed by atoms with E-state index in [1.807, 2.05) is 72.8 Å². The van der Waals surface area contributed by atoms with Crippen molar-refractivity contribution < 1.29 is 9.59 Å². The average Bonchev–Trinajstić information content (AvgIpc) is 2.83. The van der Waals surface area contributed by atoms with E-state index in [0.717, 1.165) is 21.9 Å². The number of amides is 1. The molecule has 5 heteroatoms. The molecule has 1 amide bonds. The van der Waals surface area contributed by atoms with Crippen LogP contribution in [-0.4, -0.2) is 17.4 Å². The lowest BCUT2D eigenvalue weighted by atomic mass is 10.0. The first kappa shape index (κ1) is 21.5. The number of ketones is 1. The zero-order valence-electron chi connectivity index (χ0n) is 17.3. The Morgan fingerprint density at radius 1 is 0.750 bits per heavy atom. The van der Waals surface area contributed by atoms with Crippen LogP contribution < -0.4 is 5.43 Å². The van der Waals surface area contributed by atoms with E-state index in [0.29, 0.717) is 16.3 Å². The summed E-state index contributed by atoms with van der Waals surface area (Å²) in [6.07, 6.45) is 0.248. The van der Waals surface area contributed by atoms with Gasteiger partial charge in [0.15, 0.2) is 5.78 Å². The van der Waals surface area contributed by atoms with Gasteiger partial charge in [-0.05, 0) is 46.2 Å². The number of nitrogens with one attached hydrogen (secondary N) is 1. The van der Waals surface area contributed by atoms with Crippen LogP contribution in [0.4, 0.5) is 0 Å². The topological polar surface area (TPSA) is 58.5 Å². The zero-order chi connectivity index (χ0) is 22.3. The fourth-order valence-corrected chi connectivity index (χ4v) is 3.64. The van der Waals surface area contributed by atoms with Gasteiger partial charge in [-0.1, -0.05) is 84.4 Å². The smallest absolute Gasteiger partial charge is 0.244 e. The summed E-state index contributed by atoms with van der Waals surface area (Å²) in [5.41, 5.74) is 5.38. The molecule has 0 spiro atoms. The van der Waals surface area contributed by atoms with E-state index >= 15 is 0 Å². The Bertz CT molecular complexity index is 1280. The van der Waals surface area contributed by atoms with E-state index in [9.17, 15) is 9.59 Å². The van der Waals surface area contributed by atoms with E-state index in [4.69, 9.17) is 11.6 Å². The molecule has 4 nitrogen and oxygen atoms in total. The van der Waals surface area contributed by atoms with Gasteiger partial charge in [0, 0.05) is 10.6 Å². The summed E-state index contributed by atoms with van der Waals surface area (Å²) < 4.78 is 0. The van der Waals surface area contributed by atoms with Gasteiger partial charge >= 0.3 is 0 Å². The highest BCUT2D eigenvalue weighted by Gasteiger charge is 2.14. The Labute approximate surface area is 191 Å². The molecule has 0 bridgehead atoms. The van der Waals surface area contributed by atoms with Gasteiger partial charge in [-0.25, -0.2) is 5.43 Å². The second-order valence-corrected chi connectivity index (χ2v) is 7.82. The first-order valence-corrected chi connectivity index (χ1v) is 10.6. The van der Waals surface area contributed by atoms with Crippen LogP contribution in [-0.2, 0) is 11.2 Å². The number of fused-ring (bicyclic) bond motifs is 1. The van der Waals surface area contributed by atoms with Gasteiger partial charge < -0.3 is 0 Å². The molecule has 4 rings (SSSR count). The van der Waals surface area contributed by atoms with Crippen molar-refractivity contribution in [2.45, 2.75) is 12.8 Å². The van der Waals surface area contributed by atoms with E-state index in [2.05, 4.69) is 10.5 Å². The summed E-state index contributed by atoms with van der Waals surface area (Å²) in [6.45, 7) is 0. The number of hydrazone groups is 1. The van der Waals surface area contributed by atoms with Gasteiger partial charge in [0.2, 0.25) is 5.91 Å². The molecule has 0 unspecified atom stereocenters. The minimum atomic E-state index is -0.242. The standard InChI is InChI=1S/C27H21ClN2O2/c28-23-15-13-21(14-16-23)26(31)18-25(20-8-2-1-3-9-20)29-30-27(32)17-22-11-6-10-19-7-4-5-12-24(19)22/h1-16H,17-18H2,(H,30,32)/b29-25-. The summed E-state index contributed by atoms with van der Waals surface area (Å²) in [4.78, 5) is 25.5. The summed E-state index contributed by atoms with van der Waals surface area (Å²) in [7, 11) is 0. The van der Waals surface area contributed by atoms with Crippen molar-refractivity contribution in [2.24, 2.45) is 5.10 Å². The van der Waals surface area contributed by atoms with Crippen molar-refractivity contribution in [3.63, 3.8) is 0 Å². The third-order valence-corrected chi connectivity index (χ3v) is 5.40. The Hall–Kier alpha value is -3.76. The molecular weight excluding hydrogens is 420 g/mol. The fourth-order valence-electron chi connectivity index (χ4n) is 3.52. The van der Waals surface area contributed by atoms with Crippen molar-refractivity contribution in [3.8, 4) is 0 Å². The lowest BCUT2D eigenvalue weighted by Crippen LogP contribution is -2.23. The third-order valence-electron chi connectivity index (χ3n) is 5.15. The first-order valence-electron chi connectivity index (χ1n) is 10.3. The highest BCUT2D eigenvalue weighted by Crippen LogP contribution is 2.19. The summed E-state index contributed by atoms with van der Waals surface area (Å²) in [5.74, 6) is -0.346. The van der Waals surface area contributed by atoms with E-state index in [-0.39, 0.29) is 24.5 Å². The molecule has 32 heavy (non-hydrogen) atoms. The lowest BCUT2D eigenvalue weighted by Gasteiger charge is -2.09. The number of benzene rings is 4. The maximum absolute atomic E-state index is 12.8. The SMILES string of the molecule is O=C(Cc1cccc2ccccc12)N/N=C(/CC(=O)c1ccc(Cl)cc1)c1ccccc1. The van der Waals surface area contributed by atoms with Gasteiger partial charge in [-0.15, -0.1) is 0 Å². The average molecular weight is 441 g/mol. The maximum atomic E-state index is 12.8. The van der Waals surface area contributed by atoms with Crippen LogP contribution >= 0.6 is 11.6 Å². The molecule has 0 aliphatic rings. The van der Waals surface area contributed by atoms with Crippen molar-refractivity contribution in [2.75, 3.05) is 0 Å². The highest BCUT2D eigenvalue weighted by molar-refractivity contribution is 6.30. The largest absolute Gasteiger partial charge is 0.294 e. The molecule has 0 saturated carbocycles. The number of Topliss-reactive ketones (excluding diaryl/α,β-unsaturated/α-hetero) is 1. The van der Waals surface area contributed by atoms with Crippen molar-refractivity contribution in [1.82, 2.24) is 5.43 Å². The Morgan fingerprint density at radius 3 is 2.22 bits per heavy atom. The molecule has 0 aliphatic heterocycles. The third kappa shape index (κ3) is 5.29. The molecule has 0 fully saturated rings. The van der Waals surface area contributed by atoms with Crippen molar-refractivity contribution in [3.05, 3.63) is 119 Å². The number of hydrogen-bond donors (Lipinski definition) is 1. The molecule has 1 N–H and O–H groups in total. The second-order valence-electron chi connectivity index (χ2n) is 7.38.